The number of hydrogen-bond donors (Lipinski definition) is 3. The molecule has 0 unspecified atom stereocenters. The van der Waals surface area contributed by atoms with Crippen LogP contribution in [0.1, 0.15) is 0 Å². The zero-order valence-corrected chi connectivity index (χ0v) is 12.9. The molecule has 7 nitrogen and oxygen atoms in total. The highest BCUT2D eigenvalue weighted by Gasteiger charge is 2.19. The first kappa shape index (κ1) is 14.9. The molecule has 0 aliphatic heterocycles. The molecule has 0 spiro atoms. The molecule has 0 atom stereocenters. The van der Waals surface area contributed by atoms with E-state index in [1.807, 2.05) is 0 Å². The fourth-order valence-electron chi connectivity index (χ4n) is 2.15. The minimum Gasteiger partial charge on any atom is -0.394 e. The minimum atomic E-state index is -3.75. The van der Waals surface area contributed by atoms with E-state index >= 15 is 0 Å². The predicted molar refractivity (Wildman–Crippen MR) is 83.4 cm³/mol. The van der Waals surface area contributed by atoms with Crippen LogP contribution >= 0.6 is 11.6 Å². The molecule has 1 aromatic carbocycles. The maximum Gasteiger partial charge on any atom is 0.264 e. The van der Waals surface area contributed by atoms with Crippen molar-refractivity contribution in [1.29, 1.82) is 0 Å². The number of fused-ring (bicyclic) bond motifs is 1. The van der Waals surface area contributed by atoms with E-state index in [1.54, 1.807) is 18.2 Å². The third kappa shape index (κ3) is 2.80. The fraction of sp³-hybridized carbons (Fsp3) is 0.154. The van der Waals surface area contributed by atoms with Gasteiger partial charge in [0.1, 0.15) is 4.90 Å². The van der Waals surface area contributed by atoms with Crippen molar-refractivity contribution < 1.29 is 13.5 Å². The first-order chi connectivity index (χ1) is 10.5. The van der Waals surface area contributed by atoms with Crippen molar-refractivity contribution in [3.63, 3.8) is 0 Å². The van der Waals surface area contributed by atoms with E-state index in [0.29, 0.717) is 28.2 Å². The molecule has 2 heterocycles. The highest BCUT2D eigenvalue weighted by atomic mass is 35.5. The van der Waals surface area contributed by atoms with Crippen molar-refractivity contribution in [3.8, 4) is 0 Å². The van der Waals surface area contributed by atoms with Crippen LogP contribution in [0.4, 0.5) is 5.69 Å². The van der Waals surface area contributed by atoms with Crippen LogP contribution in [0, 0.1) is 0 Å². The summed E-state index contributed by atoms with van der Waals surface area (Å²) in [5, 5.41) is 13.9. The van der Waals surface area contributed by atoms with E-state index in [-0.39, 0.29) is 11.5 Å². The summed E-state index contributed by atoms with van der Waals surface area (Å²) < 4.78 is 28.9. The van der Waals surface area contributed by atoms with Crippen LogP contribution in [0.5, 0.6) is 0 Å². The van der Waals surface area contributed by atoms with Gasteiger partial charge in [0.25, 0.3) is 10.0 Å². The number of aliphatic hydroxyl groups is 1. The van der Waals surface area contributed by atoms with Gasteiger partial charge in [0, 0.05) is 28.3 Å². The van der Waals surface area contributed by atoms with E-state index in [4.69, 9.17) is 16.7 Å². The molecule has 0 radical (unpaired) electrons. The molecule has 0 saturated heterocycles. The van der Waals surface area contributed by atoms with E-state index in [9.17, 15) is 8.42 Å². The number of halogens is 1. The number of aromatic nitrogens is 3. The maximum absolute atomic E-state index is 12.5. The molecule has 22 heavy (non-hydrogen) atoms. The molecular weight excluding hydrogens is 328 g/mol. The zero-order chi connectivity index (χ0) is 15.7. The van der Waals surface area contributed by atoms with Gasteiger partial charge in [-0.25, -0.2) is 8.42 Å². The molecule has 116 valence electrons. The van der Waals surface area contributed by atoms with Crippen molar-refractivity contribution in [2.24, 2.45) is 0 Å². The van der Waals surface area contributed by atoms with Crippen molar-refractivity contribution in [1.82, 2.24) is 14.8 Å². The molecule has 2 aromatic heterocycles. The van der Waals surface area contributed by atoms with E-state index in [1.165, 1.54) is 23.3 Å². The summed E-state index contributed by atoms with van der Waals surface area (Å²) in [5.41, 5.74) is 0.973. The van der Waals surface area contributed by atoms with Gasteiger partial charge < -0.3 is 10.1 Å². The second-order valence-electron chi connectivity index (χ2n) is 4.66. The van der Waals surface area contributed by atoms with Crippen LogP contribution < -0.4 is 4.72 Å². The van der Waals surface area contributed by atoms with Crippen LogP contribution in [0.3, 0.4) is 0 Å². The van der Waals surface area contributed by atoms with Crippen molar-refractivity contribution >= 4 is 38.2 Å². The molecule has 3 aromatic rings. The minimum absolute atomic E-state index is 0.0723. The average molecular weight is 341 g/mol. The summed E-state index contributed by atoms with van der Waals surface area (Å²) in [4.78, 5) is 3.02. The Bertz CT molecular complexity index is 916. The molecule has 0 fully saturated rings. The summed E-state index contributed by atoms with van der Waals surface area (Å²) in [7, 11) is -3.75. The second-order valence-corrected chi connectivity index (χ2v) is 6.75. The molecule has 0 bridgehead atoms. The van der Waals surface area contributed by atoms with Crippen LogP contribution in [0.2, 0.25) is 5.02 Å². The number of aromatic amines is 1. The highest BCUT2D eigenvalue weighted by Crippen LogP contribution is 2.26. The highest BCUT2D eigenvalue weighted by molar-refractivity contribution is 7.93. The Hall–Kier alpha value is -2.03. The summed E-state index contributed by atoms with van der Waals surface area (Å²) in [6.07, 6.45) is 4.32. The monoisotopic (exact) mass is 340 g/mol. The zero-order valence-electron chi connectivity index (χ0n) is 11.3. The molecule has 0 amide bonds. The molecular formula is C13H13ClN4O3S. The van der Waals surface area contributed by atoms with Crippen LogP contribution in [0.15, 0.2) is 41.7 Å². The first-order valence-corrected chi connectivity index (χ1v) is 8.28. The number of aliphatic hydroxyl groups excluding tert-OH is 1. The lowest BCUT2D eigenvalue weighted by Crippen LogP contribution is -2.12. The Kier molecular flexibility index (Phi) is 3.81. The normalized spacial score (nSPS) is 11.9. The quantitative estimate of drug-likeness (QED) is 0.659. The van der Waals surface area contributed by atoms with Gasteiger partial charge in [0.15, 0.2) is 0 Å². The number of sulfonamides is 1. The largest absolute Gasteiger partial charge is 0.394 e. The number of nitrogens with one attached hydrogen (secondary N) is 2. The third-order valence-electron chi connectivity index (χ3n) is 3.11. The Morgan fingerprint density at radius 2 is 2.23 bits per heavy atom. The lowest BCUT2D eigenvalue weighted by molar-refractivity contribution is 0.269. The van der Waals surface area contributed by atoms with Gasteiger partial charge in [-0.05, 0) is 18.2 Å². The summed E-state index contributed by atoms with van der Waals surface area (Å²) in [6.45, 7) is 0.227. The summed E-state index contributed by atoms with van der Waals surface area (Å²) >= 11 is 5.89. The Labute approximate surface area is 131 Å². The molecule has 0 aliphatic rings. The number of rotatable bonds is 5. The van der Waals surface area contributed by atoms with Crippen LogP contribution in [-0.2, 0) is 16.6 Å². The Morgan fingerprint density at radius 1 is 1.41 bits per heavy atom. The van der Waals surface area contributed by atoms with Crippen molar-refractivity contribution in [2.75, 3.05) is 11.3 Å². The number of H-pyrrole nitrogens is 1. The number of anilines is 1. The van der Waals surface area contributed by atoms with Gasteiger partial charge in [-0.3, -0.25) is 9.40 Å². The standard InChI is InChI=1S/C13H13ClN4O3S/c14-9-1-2-11-12(5-9)15-7-13(11)22(20,21)17-10-6-16-18(8-10)3-4-19/h1-2,5-8,15,17,19H,3-4H2. The van der Waals surface area contributed by atoms with Gasteiger partial charge in [-0.2, -0.15) is 5.10 Å². The van der Waals surface area contributed by atoms with Crippen LogP contribution in [0.25, 0.3) is 10.9 Å². The maximum atomic E-state index is 12.5. The lowest BCUT2D eigenvalue weighted by Gasteiger charge is -2.04. The predicted octanol–water partition coefficient (Wildman–Crippen LogP) is 1.81. The fourth-order valence-corrected chi connectivity index (χ4v) is 3.52. The van der Waals surface area contributed by atoms with Gasteiger partial charge in [-0.1, -0.05) is 11.6 Å². The smallest absolute Gasteiger partial charge is 0.264 e. The third-order valence-corrected chi connectivity index (χ3v) is 4.77. The van der Waals surface area contributed by atoms with Crippen molar-refractivity contribution in [3.05, 3.63) is 41.8 Å². The van der Waals surface area contributed by atoms with Crippen molar-refractivity contribution in [2.45, 2.75) is 11.4 Å². The molecule has 9 heteroatoms. The average Bonchev–Trinajstić information content (AvgIpc) is 3.05. The topological polar surface area (TPSA) is 100 Å². The number of nitrogens with zero attached hydrogens (tertiary/aromatic N) is 2. The van der Waals surface area contributed by atoms with Crippen LogP contribution in [-0.4, -0.2) is 34.9 Å². The van der Waals surface area contributed by atoms with E-state index < -0.39 is 10.0 Å². The van der Waals surface area contributed by atoms with Gasteiger partial charge in [0.2, 0.25) is 0 Å². The Morgan fingerprint density at radius 3 is 3.00 bits per heavy atom. The van der Waals surface area contributed by atoms with Gasteiger partial charge >= 0.3 is 0 Å². The molecule has 3 N–H and O–H groups in total. The van der Waals surface area contributed by atoms with E-state index in [0.717, 1.165) is 0 Å². The molecule has 0 saturated carbocycles. The van der Waals surface area contributed by atoms with Gasteiger partial charge in [-0.15, -0.1) is 0 Å². The summed E-state index contributed by atoms with van der Waals surface area (Å²) in [6, 6.07) is 4.95. The second kappa shape index (κ2) is 5.64. The first-order valence-electron chi connectivity index (χ1n) is 6.42. The van der Waals surface area contributed by atoms with E-state index in [2.05, 4.69) is 14.8 Å². The Balaban J connectivity index is 1.93. The van der Waals surface area contributed by atoms with Gasteiger partial charge in [0.05, 0.1) is 25.0 Å². The number of benzene rings is 1. The molecule has 3 rings (SSSR count). The summed E-state index contributed by atoms with van der Waals surface area (Å²) in [5.74, 6) is 0. The lowest BCUT2D eigenvalue weighted by atomic mass is 10.2. The molecule has 0 aliphatic carbocycles. The SMILES string of the molecule is O=S(=O)(Nc1cnn(CCO)c1)c1c[nH]c2cc(Cl)ccc12. The number of hydrogen-bond acceptors (Lipinski definition) is 4.